The quantitative estimate of drug-likeness (QED) is 0.157. The number of hydrogen-bond acceptors (Lipinski definition) is 3. The molecule has 3 N–H and O–H groups in total. The topological polar surface area (TPSA) is 65.5 Å². The number of hydrogen-bond donors (Lipinski definition) is 3. The van der Waals surface area contributed by atoms with Crippen LogP contribution in [-0.2, 0) is 6.54 Å². The highest BCUT2D eigenvalue weighted by Crippen LogP contribution is 2.15. The Bertz CT molecular complexity index is 723. The van der Waals surface area contributed by atoms with E-state index in [-0.39, 0.29) is 29.9 Å². The van der Waals surface area contributed by atoms with Gasteiger partial charge in [-0.3, -0.25) is 4.79 Å². The number of aliphatic imine (C=N–C) groups is 1. The molecule has 2 aromatic carbocycles. The molecule has 0 aliphatic heterocycles. The number of nitrogens with zero attached hydrogens (tertiary/aromatic N) is 1. The summed E-state index contributed by atoms with van der Waals surface area (Å²) in [6, 6.07) is 18.0. The number of amides is 1. The zero-order chi connectivity index (χ0) is 19.3. The standard InChI is InChI=1S/C21H28N4OS.HI/c1-3-22-20(26)18-12-10-17(11-13-18)16-25-21(23-4-2)24-14-15-27-19-8-6-5-7-9-19;/h5-13H,3-4,14-16H2,1-2H3,(H,22,26)(H2,23,24,25);1H. The predicted molar refractivity (Wildman–Crippen MR) is 130 cm³/mol. The molecule has 0 atom stereocenters. The molecule has 1 amide bonds. The van der Waals surface area contributed by atoms with Crippen LogP contribution in [-0.4, -0.2) is 37.3 Å². The van der Waals surface area contributed by atoms with Crippen LogP contribution in [0.3, 0.4) is 0 Å². The fourth-order valence-electron chi connectivity index (χ4n) is 2.39. The van der Waals surface area contributed by atoms with Gasteiger partial charge in [0.2, 0.25) is 0 Å². The predicted octanol–water partition coefficient (Wildman–Crippen LogP) is 3.90. The number of thioether (sulfide) groups is 1. The fourth-order valence-corrected chi connectivity index (χ4v) is 3.18. The molecule has 2 aromatic rings. The Morgan fingerprint density at radius 1 is 0.929 bits per heavy atom. The molecule has 0 spiro atoms. The van der Waals surface area contributed by atoms with E-state index in [0.29, 0.717) is 18.7 Å². The molecule has 5 nitrogen and oxygen atoms in total. The van der Waals surface area contributed by atoms with Crippen LogP contribution in [0.1, 0.15) is 29.8 Å². The van der Waals surface area contributed by atoms with Crippen molar-refractivity contribution < 1.29 is 4.79 Å². The Morgan fingerprint density at radius 2 is 1.61 bits per heavy atom. The van der Waals surface area contributed by atoms with Crippen LogP contribution in [0.2, 0.25) is 0 Å². The van der Waals surface area contributed by atoms with Gasteiger partial charge in [-0.25, -0.2) is 4.99 Å². The summed E-state index contributed by atoms with van der Waals surface area (Å²) in [4.78, 5) is 17.7. The summed E-state index contributed by atoms with van der Waals surface area (Å²) in [6.07, 6.45) is 0. The fraction of sp³-hybridized carbons (Fsp3) is 0.333. The minimum absolute atomic E-state index is 0. The molecule has 0 fully saturated rings. The van der Waals surface area contributed by atoms with E-state index < -0.39 is 0 Å². The van der Waals surface area contributed by atoms with Crippen molar-refractivity contribution in [3.63, 3.8) is 0 Å². The minimum Gasteiger partial charge on any atom is -0.357 e. The Hall–Kier alpha value is -1.74. The summed E-state index contributed by atoms with van der Waals surface area (Å²) in [5.74, 6) is 1.73. The van der Waals surface area contributed by atoms with Crippen LogP contribution >= 0.6 is 35.7 Å². The van der Waals surface area contributed by atoms with Crippen LogP contribution in [0.25, 0.3) is 0 Å². The zero-order valence-electron chi connectivity index (χ0n) is 16.4. The molecule has 0 saturated heterocycles. The maximum Gasteiger partial charge on any atom is 0.251 e. The van der Waals surface area contributed by atoms with Crippen LogP contribution in [0.4, 0.5) is 0 Å². The Labute approximate surface area is 189 Å². The first-order valence-corrected chi connectivity index (χ1v) is 10.3. The Balaban J connectivity index is 0.00000392. The van der Waals surface area contributed by atoms with E-state index in [2.05, 4.69) is 52.1 Å². The van der Waals surface area contributed by atoms with Gasteiger partial charge in [0.25, 0.3) is 5.91 Å². The van der Waals surface area contributed by atoms with Crippen LogP contribution in [0, 0.1) is 0 Å². The monoisotopic (exact) mass is 512 g/mol. The van der Waals surface area contributed by atoms with Crippen molar-refractivity contribution in [3.8, 4) is 0 Å². The van der Waals surface area contributed by atoms with Crippen LogP contribution < -0.4 is 16.0 Å². The van der Waals surface area contributed by atoms with E-state index in [1.54, 1.807) is 0 Å². The highest BCUT2D eigenvalue weighted by atomic mass is 127. The summed E-state index contributed by atoms with van der Waals surface area (Å²) in [7, 11) is 0. The number of carbonyl (C=O) groups excluding carboxylic acids is 1. The summed E-state index contributed by atoms with van der Waals surface area (Å²) >= 11 is 1.82. The third-order valence-electron chi connectivity index (χ3n) is 3.72. The van der Waals surface area contributed by atoms with Gasteiger partial charge in [-0.15, -0.1) is 35.7 Å². The van der Waals surface area contributed by atoms with Crippen molar-refractivity contribution in [2.24, 2.45) is 4.99 Å². The van der Waals surface area contributed by atoms with Gasteiger partial charge in [-0.1, -0.05) is 30.3 Å². The van der Waals surface area contributed by atoms with Crippen molar-refractivity contribution in [1.82, 2.24) is 16.0 Å². The van der Waals surface area contributed by atoms with Gasteiger partial charge in [0.15, 0.2) is 5.96 Å². The number of nitrogens with one attached hydrogen (secondary N) is 3. The lowest BCUT2D eigenvalue weighted by Crippen LogP contribution is -2.38. The molecule has 152 valence electrons. The molecule has 0 saturated carbocycles. The molecule has 0 unspecified atom stereocenters. The third kappa shape index (κ3) is 8.97. The van der Waals surface area contributed by atoms with Crippen LogP contribution in [0.15, 0.2) is 64.5 Å². The van der Waals surface area contributed by atoms with E-state index in [9.17, 15) is 4.79 Å². The third-order valence-corrected chi connectivity index (χ3v) is 4.74. The van der Waals surface area contributed by atoms with Gasteiger partial charge in [-0.05, 0) is 43.7 Å². The molecule has 0 heterocycles. The van der Waals surface area contributed by atoms with Crippen molar-refractivity contribution >= 4 is 47.6 Å². The van der Waals surface area contributed by atoms with E-state index >= 15 is 0 Å². The highest BCUT2D eigenvalue weighted by Gasteiger charge is 2.03. The lowest BCUT2D eigenvalue weighted by molar-refractivity contribution is 0.0956. The lowest BCUT2D eigenvalue weighted by atomic mass is 10.1. The molecule has 0 aromatic heterocycles. The number of benzene rings is 2. The van der Waals surface area contributed by atoms with Gasteiger partial charge in [0, 0.05) is 35.8 Å². The van der Waals surface area contributed by atoms with Gasteiger partial charge >= 0.3 is 0 Å². The molecule has 0 bridgehead atoms. The molecular weight excluding hydrogens is 483 g/mol. The van der Waals surface area contributed by atoms with Crippen molar-refractivity contribution in [2.75, 3.05) is 25.4 Å². The number of carbonyl (C=O) groups is 1. The second kappa shape index (κ2) is 14.3. The smallest absolute Gasteiger partial charge is 0.251 e. The van der Waals surface area contributed by atoms with Crippen molar-refractivity contribution in [1.29, 1.82) is 0 Å². The average molecular weight is 512 g/mol. The number of rotatable bonds is 9. The Morgan fingerprint density at radius 3 is 2.25 bits per heavy atom. The SMILES string of the molecule is CCNC(=O)c1ccc(CN=C(NCC)NCCSc2ccccc2)cc1.I. The van der Waals surface area contributed by atoms with E-state index in [4.69, 9.17) is 0 Å². The molecule has 0 aliphatic carbocycles. The number of guanidine groups is 1. The highest BCUT2D eigenvalue weighted by molar-refractivity contribution is 14.0. The molecule has 0 aliphatic rings. The first-order valence-electron chi connectivity index (χ1n) is 9.30. The lowest BCUT2D eigenvalue weighted by Gasteiger charge is -2.11. The van der Waals surface area contributed by atoms with E-state index in [0.717, 1.165) is 30.4 Å². The molecule has 2 rings (SSSR count). The molecule has 7 heteroatoms. The average Bonchev–Trinajstić information content (AvgIpc) is 2.70. The van der Waals surface area contributed by atoms with Gasteiger partial charge in [0.05, 0.1) is 6.54 Å². The van der Waals surface area contributed by atoms with Crippen molar-refractivity contribution in [3.05, 3.63) is 65.7 Å². The van der Waals surface area contributed by atoms with Gasteiger partial charge in [-0.2, -0.15) is 0 Å². The van der Waals surface area contributed by atoms with E-state index in [1.165, 1.54) is 4.90 Å². The maximum atomic E-state index is 11.8. The zero-order valence-corrected chi connectivity index (χ0v) is 19.6. The summed E-state index contributed by atoms with van der Waals surface area (Å²) in [5, 5.41) is 9.43. The first kappa shape index (κ1) is 24.3. The minimum atomic E-state index is -0.0431. The summed E-state index contributed by atoms with van der Waals surface area (Å²) in [6.45, 7) is 6.81. The van der Waals surface area contributed by atoms with Crippen LogP contribution in [0.5, 0.6) is 0 Å². The molecule has 0 radical (unpaired) electrons. The first-order chi connectivity index (χ1) is 13.2. The second-order valence-electron chi connectivity index (χ2n) is 5.84. The van der Waals surface area contributed by atoms with Gasteiger partial charge in [0.1, 0.15) is 0 Å². The van der Waals surface area contributed by atoms with E-state index in [1.807, 2.05) is 49.0 Å². The number of halogens is 1. The maximum absolute atomic E-state index is 11.8. The summed E-state index contributed by atoms with van der Waals surface area (Å²) < 4.78 is 0. The largest absolute Gasteiger partial charge is 0.357 e. The second-order valence-corrected chi connectivity index (χ2v) is 7.01. The van der Waals surface area contributed by atoms with Gasteiger partial charge < -0.3 is 16.0 Å². The Kier molecular flexibility index (Phi) is 12.4. The van der Waals surface area contributed by atoms with Crippen molar-refractivity contribution in [2.45, 2.75) is 25.3 Å². The molecular formula is C21H29IN4OS. The summed E-state index contributed by atoms with van der Waals surface area (Å²) in [5.41, 5.74) is 1.74. The molecule has 28 heavy (non-hydrogen) atoms. The normalized spacial score (nSPS) is 10.7.